The predicted molar refractivity (Wildman–Crippen MR) is 110 cm³/mol. The van der Waals surface area contributed by atoms with E-state index in [1.54, 1.807) is 36.5 Å². The molecule has 0 aliphatic rings. The second kappa shape index (κ2) is 7.63. The number of aromatic amines is 1. The van der Waals surface area contributed by atoms with E-state index in [1.165, 1.54) is 0 Å². The summed E-state index contributed by atoms with van der Waals surface area (Å²) in [5.74, 6) is 0.284. The van der Waals surface area contributed by atoms with Gasteiger partial charge < -0.3 is 4.52 Å². The van der Waals surface area contributed by atoms with Crippen LogP contribution in [0.1, 0.15) is 17.0 Å². The number of aryl methyl sites for hydroxylation is 2. The molecule has 4 aromatic heterocycles. The lowest BCUT2D eigenvalue weighted by Gasteiger charge is -2.08. The molecule has 28 heavy (non-hydrogen) atoms. The van der Waals surface area contributed by atoms with Crippen molar-refractivity contribution in [3.63, 3.8) is 0 Å². The van der Waals surface area contributed by atoms with E-state index in [9.17, 15) is 8.42 Å². The largest absolute Gasteiger partial charge is 0.360 e. The molecule has 0 aliphatic heterocycles. The summed E-state index contributed by atoms with van der Waals surface area (Å²) in [4.78, 5) is 2.22. The Kier molecular flexibility index (Phi) is 5.19. The number of aromatic nitrogens is 3. The van der Waals surface area contributed by atoms with Crippen molar-refractivity contribution in [1.29, 1.82) is 0 Å². The molecule has 10 heteroatoms. The zero-order chi connectivity index (χ0) is 19.7. The Hall–Kier alpha value is -2.27. The van der Waals surface area contributed by atoms with Crippen LogP contribution in [0.4, 0.5) is 0 Å². The van der Waals surface area contributed by atoms with Crippen molar-refractivity contribution in [2.45, 2.75) is 25.2 Å². The first-order valence-electron chi connectivity index (χ1n) is 8.55. The molecule has 0 spiro atoms. The Morgan fingerprint density at radius 3 is 2.46 bits per heavy atom. The fraction of sp³-hybridized carbons (Fsp3) is 0.222. The summed E-state index contributed by atoms with van der Waals surface area (Å²) >= 11 is 3.22. The minimum Gasteiger partial charge on any atom is -0.360 e. The summed E-state index contributed by atoms with van der Waals surface area (Å²) in [6, 6.07) is 7.99. The minimum atomic E-state index is -3.70. The summed E-state index contributed by atoms with van der Waals surface area (Å²) in [6.45, 7) is 3.45. The Bertz CT molecular complexity index is 1100. The van der Waals surface area contributed by atoms with Gasteiger partial charge in [0.2, 0.25) is 10.0 Å². The number of H-pyrrole nitrogens is 1. The highest BCUT2D eigenvalue weighted by Crippen LogP contribution is 2.34. The van der Waals surface area contributed by atoms with Gasteiger partial charge in [-0.2, -0.15) is 5.10 Å². The molecule has 0 aromatic carbocycles. The average Bonchev–Trinajstić information content (AvgIpc) is 3.41. The van der Waals surface area contributed by atoms with E-state index in [0.717, 1.165) is 26.7 Å². The number of rotatable bonds is 7. The van der Waals surface area contributed by atoms with Crippen LogP contribution in [0.5, 0.6) is 0 Å². The molecule has 0 atom stereocenters. The van der Waals surface area contributed by atoms with Gasteiger partial charge in [0.15, 0.2) is 5.76 Å². The van der Waals surface area contributed by atoms with E-state index in [2.05, 4.69) is 20.1 Å². The van der Waals surface area contributed by atoms with Crippen molar-refractivity contribution in [2.75, 3.05) is 6.54 Å². The number of thiophene rings is 2. The van der Waals surface area contributed by atoms with Crippen LogP contribution >= 0.6 is 22.7 Å². The lowest BCUT2D eigenvalue weighted by molar-refractivity contribution is 0.390. The highest BCUT2D eigenvalue weighted by Gasteiger charge is 2.24. The summed E-state index contributed by atoms with van der Waals surface area (Å²) < 4.78 is 33.0. The third-order valence-electron chi connectivity index (χ3n) is 4.29. The molecule has 146 valence electrons. The van der Waals surface area contributed by atoms with Gasteiger partial charge in [-0.05, 0) is 43.2 Å². The third-order valence-corrected chi connectivity index (χ3v) is 7.76. The number of hydrogen-bond donors (Lipinski definition) is 2. The van der Waals surface area contributed by atoms with Crippen molar-refractivity contribution >= 4 is 32.7 Å². The van der Waals surface area contributed by atoms with Crippen LogP contribution in [0.15, 0.2) is 44.4 Å². The van der Waals surface area contributed by atoms with Crippen LogP contribution in [-0.4, -0.2) is 30.3 Å². The SMILES string of the molecule is Cc1noc(C)c1S(=O)(=O)NCCc1c(-c2cccs2)n[nH]c1-c1cccs1. The van der Waals surface area contributed by atoms with Crippen molar-refractivity contribution in [3.05, 3.63) is 52.0 Å². The summed E-state index contributed by atoms with van der Waals surface area (Å²) in [7, 11) is -3.70. The fourth-order valence-corrected chi connectivity index (χ4v) is 5.94. The monoisotopic (exact) mass is 434 g/mol. The molecule has 2 N–H and O–H groups in total. The molecular weight excluding hydrogens is 416 g/mol. The Morgan fingerprint density at radius 1 is 1.14 bits per heavy atom. The Balaban J connectivity index is 1.60. The molecule has 0 radical (unpaired) electrons. The van der Waals surface area contributed by atoms with Crippen LogP contribution in [0, 0.1) is 13.8 Å². The van der Waals surface area contributed by atoms with E-state index in [0.29, 0.717) is 12.1 Å². The normalized spacial score (nSPS) is 11.9. The molecule has 7 nitrogen and oxygen atoms in total. The van der Waals surface area contributed by atoms with Gasteiger partial charge in [-0.1, -0.05) is 17.3 Å². The summed E-state index contributed by atoms with van der Waals surface area (Å²) in [5, 5.41) is 15.4. The van der Waals surface area contributed by atoms with Gasteiger partial charge in [-0.15, -0.1) is 22.7 Å². The van der Waals surface area contributed by atoms with Gasteiger partial charge in [-0.25, -0.2) is 13.1 Å². The topological polar surface area (TPSA) is 101 Å². The first kappa shape index (κ1) is 19.1. The lowest BCUT2D eigenvalue weighted by atomic mass is 10.1. The highest BCUT2D eigenvalue weighted by molar-refractivity contribution is 7.89. The maximum absolute atomic E-state index is 12.7. The van der Waals surface area contributed by atoms with Crippen molar-refractivity contribution in [1.82, 2.24) is 20.1 Å². The van der Waals surface area contributed by atoms with Crippen LogP contribution < -0.4 is 4.72 Å². The van der Waals surface area contributed by atoms with Gasteiger partial charge in [0.05, 0.1) is 15.4 Å². The van der Waals surface area contributed by atoms with E-state index in [4.69, 9.17) is 4.52 Å². The Labute approximate surface area is 170 Å². The van der Waals surface area contributed by atoms with Gasteiger partial charge in [0.25, 0.3) is 0 Å². The first-order chi connectivity index (χ1) is 13.5. The second-order valence-corrected chi connectivity index (χ2v) is 9.78. The molecule has 4 aromatic rings. The zero-order valence-electron chi connectivity index (χ0n) is 15.2. The molecule has 0 bridgehead atoms. The maximum Gasteiger partial charge on any atom is 0.245 e. The average molecular weight is 435 g/mol. The molecule has 0 amide bonds. The quantitative estimate of drug-likeness (QED) is 0.458. The number of sulfonamides is 1. The fourth-order valence-electron chi connectivity index (χ4n) is 3.09. The molecule has 4 rings (SSSR count). The van der Waals surface area contributed by atoms with Gasteiger partial charge in [0.1, 0.15) is 16.3 Å². The molecule has 4 heterocycles. The number of hydrogen-bond acceptors (Lipinski definition) is 7. The molecular formula is C18H18N4O3S3. The minimum absolute atomic E-state index is 0.108. The maximum atomic E-state index is 12.7. The predicted octanol–water partition coefficient (Wildman–Crippen LogP) is 3.99. The summed E-state index contributed by atoms with van der Waals surface area (Å²) in [5.41, 5.74) is 3.13. The second-order valence-electron chi connectivity index (χ2n) is 6.18. The molecule has 0 aliphatic carbocycles. The van der Waals surface area contributed by atoms with Gasteiger partial charge in [0, 0.05) is 12.1 Å². The van der Waals surface area contributed by atoms with Crippen molar-refractivity contribution in [2.24, 2.45) is 0 Å². The van der Waals surface area contributed by atoms with E-state index >= 15 is 0 Å². The van der Waals surface area contributed by atoms with Gasteiger partial charge >= 0.3 is 0 Å². The van der Waals surface area contributed by atoms with Crippen LogP contribution in [-0.2, 0) is 16.4 Å². The highest BCUT2D eigenvalue weighted by atomic mass is 32.2. The van der Waals surface area contributed by atoms with Crippen molar-refractivity contribution < 1.29 is 12.9 Å². The van der Waals surface area contributed by atoms with Crippen molar-refractivity contribution in [3.8, 4) is 21.1 Å². The summed E-state index contributed by atoms with van der Waals surface area (Å²) in [6.07, 6.45) is 0.500. The standard InChI is InChI=1S/C18H18N4O3S3/c1-11-18(12(2)25-22-11)28(23,24)19-8-7-13-16(14-5-3-9-26-14)20-21-17(13)15-6-4-10-27-15/h3-6,9-10,19H,7-8H2,1-2H3,(H,20,21). The first-order valence-corrected chi connectivity index (χ1v) is 11.8. The van der Waals surface area contributed by atoms with E-state index in [1.807, 2.05) is 35.0 Å². The van der Waals surface area contributed by atoms with Crippen LogP contribution in [0.3, 0.4) is 0 Å². The Morgan fingerprint density at radius 2 is 1.86 bits per heavy atom. The molecule has 0 saturated carbocycles. The lowest BCUT2D eigenvalue weighted by Crippen LogP contribution is -2.27. The third kappa shape index (κ3) is 3.55. The molecule has 0 unspecified atom stereocenters. The smallest absolute Gasteiger partial charge is 0.245 e. The molecule has 0 fully saturated rings. The van der Waals surface area contributed by atoms with E-state index < -0.39 is 10.0 Å². The zero-order valence-corrected chi connectivity index (χ0v) is 17.7. The van der Waals surface area contributed by atoms with Crippen LogP contribution in [0.25, 0.3) is 21.1 Å². The van der Waals surface area contributed by atoms with E-state index in [-0.39, 0.29) is 17.2 Å². The number of nitrogens with one attached hydrogen (secondary N) is 2. The number of nitrogens with zero attached hydrogens (tertiary/aromatic N) is 2. The van der Waals surface area contributed by atoms with Crippen LogP contribution in [0.2, 0.25) is 0 Å². The molecule has 0 saturated heterocycles. The van der Waals surface area contributed by atoms with Gasteiger partial charge in [-0.3, -0.25) is 5.10 Å².